The molecule has 47 heavy (non-hydrogen) atoms. The molecule has 2 saturated heterocycles. The van der Waals surface area contributed by atoms with Gasteiger partial charge < -0.3 is 28.8 Å². The van der Waals surface area contributed by atoms with Crippen molar-refractivity contribution in [1.29, 1.82) is 0 Å². The summed E-state index contributed by atoms with van der Waals surface area (Å²) in [6.07, 6.45) is 3.65. The van der Waals surface area contributed by atoms with E-state index in [1.807, 2.05) is 35.1 Å². The highest BCUT2D eigenvalue weighted by Crippen LogP contribution is 2.50. The van der Waals surface area contributed by atoms with Crippen LogP contribution in [0, 0.1) is 5.82 Å². The topological polar surface area (TPSA) is 107 Å². The first-order valence-corrected chi connectivity index (χ1v) is 15.9. The number of aryl methyl sites for hydroxylation is 2. The molecule has 0 bridgehead atoms. The molecule has 0 saturated carbocycles. The Morgan fingerprint density at radius 3 is 2.74 bits per heavy atom. The van der Waals surface area contributed by atoms with E-state index in [4.69, 9.17) is 30.8 Å². The van der Waals surface area contributed by atoms with Crippen molar-refractivity contribution in [3.8, 4) is 11.5 Å². The number of anilines is 1. The van der Waals surface area contributed by atoms with Gasteiger partial charge in [0.1, 0.15) is 11.6 Å². The molecule has 0 aliphatic carbocycles. The molecular formula is C34H32ClFN6O5. The van der Waals surface area contributed by atoms with Gasteiger partial charge in [-0.05, 0) is 54.6 Å². The molecule has 13 heteroatoms. The lowest BCUT2D eigenvalue weighted by Crippen LogP contribution is -2.59. The number of benzene rings is 3. The van der Waals surface area contributed by atoms with Crippen LogP contribution in [0.15, 0.2) is 73.1 Å². The van der Waals surface area contributed by atoms with Crippen molar-refractivity contribution in [2.24, 2.45) is 0 Å². The molecule has 0 amide bonds. The van der Waals surface area contributed by atoms with Gasteiger partial charge in [0.05, 0.1) is 66.2 Å². The number of nitrogens with zero attached hydrogens (tertiary/aromatic N) is 6. The van der Waals surface area contributed by atoms with E-state index >= 15 is 0 Å². The Bertz CT molecular complexity index is 1990. The third-order valence-electron chi connectivity index (χ3n) is 9.34. The van der Waals surface area contributed by atoms with Crippen LogP contribution in [0.3, 0.4) is 0 Å². The molecule has 3 aliphatic heterocycles. The van der Waals surface area contributed by atoms with Gasteiger partial charge in [-0.25, -0.2) is 14.2 Å². The van der Waals surface area contributed by atoms with Crippen molar-refractivity contribution in [2.45, 2.75) is 44.4 Å². The fraction of sp³-hybridized carbons (Fsp3) is 0.324. The summed E-state index contributed by atoms with van der Waals surface area (Å²) >= 11 is 6.01. The maximum atomic E-state index is 15.0. The summed E-state index contributed by atoms with van der Waals surface area (Å²) in [5.74, 6) is -0.859. The van der Waals surface area contributed by atoms with Crippen LogP contribution in [0.1, 0.15) is 28.7 Å². The number of ether oxygens (including phenoxy) is 3. The van der Waals surface area contributed by atoms with Gasteiger partial charge in [0.15, 0.2) is 11.5 Å². The Morgan fingerprint density at radius 1 is 1.06 bits per heavy atom. The van der Waals surface area contributed by atoms with E-state index in [9.17, 15) is 14.3 Å². The summed E-state index contributed by atoms with van der Waals surface area (Å²) in [6.45, 7) is 5.97. The van der Waals surface area contributed by atoms with Crippen molar-refractivity contribution < 1.29 is 28.5 Å². The van der Waals surface area contributed by atoms with Crippen molar-refractivity contribution in [3.05, 3.63) is 101 Å². The van der Waals surface area contributed by atoms with E-state index in [2.05, 4.69) is 19.5 Å². The first-order valence-electron chi connectivity index (χ1n) is 15.5. The molecule has 3 atom stereocenters. The molecule has 242 valence electrons. The molecule has 3 aliphatic rings. The van der Waals surface area contributed by atoms with Gasteiger partial charge in [0.25, 0.3) is 5.79 Å². The number of halogens is 2. The zero-order valence-electron chi connectivity index (χ0n) is 25.6. The van der Waals surface area contributed by atoms with Crippen molar-refractivity contribution in [1.82, 2.24) is 24.2 Å². The normalized spacial score (nSPS) is 22.2. The molecule has 0 spiro atoms. The largest absolute Gasteiger partial charge is 0.478 e. The number of carboxylic acids is 1. The van der Waals surface area contributed by atoms with Crippen LogP contribution in [-0.4, -0.2) is 73.7 Å². The summed E-state index contributed by atoms with van der Waals surface area (Å²) in [5.41, 5.74) is 2.89. The first-order chi connectivity index (χ1) is 22.8. The van der Waals surface area contributed by atoms with Crippen LogP contribution in [0.25, 0.3) is 11.0 Å². The predicted octanol–water partition coefficient (Wildman–Crippen LogP) is 5.16. The van der Waals surface area contributed by atoms with E-state index in [0.717, 1.165) is 29.1 Å². The van der Waals surface area contributed by atoms with Crippen molar-refractivity contribution in [2.75, 3.05) is 31.2 Å². The summed E-state index contributed by atoms with van der Waals surface area (Å²) in [6, 6.07) is 17.3. The number of para-hydroxylation sites is 1. The Morgan fingerprint density at radius 2 is 1.94 bits per heavy atom. The highest BCUT2D eigenvalue weighted by molar-refractivity contribution is 6.30. The lowest BCUT2D eigenvalue weighted by Gasteiger charge is -2.44. The van der Waals surface area contributed by atoms with Gasteiger partial charge in [0, 0.05) is 44.0 Å². The molecular weight excluding hydrogens is 627 g/mol. The monoisotopic (exact) mass is 658 g/mol. The number of fused-ring (bicyclic) bond motifs is 3. The number of rotatable bonds is 8. The third-order valence-corrected chi connectivity index (χ3v) is 9.57. The summed E-state index contributed by atoms with van der Waals surface area (Å²) in [5, 5.41) is 14.3. The minimum Gasteiger partial charge on any atom is -0.478 e. The summed E-state index contributed by atoms with van der Waals surface area (Å²) in [4.78, 5) is 21.5. The summed E-state index contributed by atoms with van der Waals surface area (Å²) < 4.78 is 37.7. The molecule has 2 aromatic heterocycles. The van der Waals surface area contributed by atoms with E-state index in [0.29, 0.717) is 55.9 Å². The van der Waals surface area contributed by atoms with E-state index < -0.39 is 17.6 Å². The average Bonchev–Trinajstić information content (AvgIpc) is 3.85. The van der Waals surface area contributed by atoms with E-state index in [1.54, 1.807) is 43.5 Å². The number of aromatic nitrogens is 4. The molecule has 0 radical (unpaired) electrons. The Kier molecular flexibility index (Phi) is 7.31. The van der Waals surface area contributed by atoms with Gasteiger partial charge >= 0.3 is 5.97 Å². The first kappa shape index (κ1) is 29.7. The zero-order valence-corrected chi connectivity index (χ0v) is 26.3. The smallest absolute Gasteiger partial charge is 0.335 e. The second-order valence-corrected chi connectivity index (χ2v) is 12.6. The lowest BCUT2D eigenvalue weighted by atomic mass is 10.0. The molecule has 3 aromatic carbocycles. The predicted molar refractivity (Wildman–Crippen MR) is 172 cm³/mol. The number of carboxylic acid groups (broad SMARTS) is 1. The molecule has 8 rings (SSSR count). The molecule has 11 nitrogen and oxygen atoms in total. The van der Waals surface area contributed by atoms with Gasteiger partial charge in [-0.1, -0.05) is 17.7 Å². The minimum absolute atomic E-state index is 0.0264. The van der Waals surface area contributed by atoms with Crippen LogP contribution in [0.5, 0.6) is 11.5 Å². The van der Waals surface area contributed by atoms with Crippen LogP contribution in [0.2, 0.25) is 5.02 Å². The summed E-state index contributed by atoms with van der Waals surface area (Å²) in [7, 11) is 0. The molecule has 2 fully saturated rings. The van der Waals surface area contributed by atoms with Gasteiger partial charge in [-0.2, -0.15) is 5.10 Å². The second-order valence-electron chi connectivity index (χ2n) is 12.2. The highest BCUT2D eigenvalue weighted by Gasteiger charge is 2.46. The van der Waals surface area contributed by atoms with Crippen LogP contribution < -0.4 is 14.4 Å². The van der Waals surface area contributed by atoms with Gasteiger partial charge in [0.2, 0.25) is 0 Å². The number of aromatic carboxylic acids is 1. The molecule has 5 heterocycles. The van der Waals surface area contributed by atoms with E-state index in [-0.39, 0.29) is 23.2 Å². The molecule has 1 N–H and O–H groups in total. The number of imidazole rings is 1. The fourth-order valence-electron chi connectivity index (χ4n) is 7.04. The fourth-order valence-corrected chi connectivity index (χ4v) is 7.20. The Hall–Kier alpha value is -4.65. The maximum Gasteiger partial charge on any atom is 0.335 e. The average molecular weight is 659 g/mol. The number of hydrogen-bond donors (Lipinski definition) is 1. The maximum absolute atomic E-state index is 15.0. The Labute approximate surface area is 274 Å². The van der Waals surface area contributed by atoms with E-state index in [1.165, 1.54) is 6.07 Å². The zero-order chi connectivity index (χ0) is 32.3. The number of hydrogen-bond acceptors (Lipinski definition) is 8. The highest BCUT2D eigenvalue weighted by atomic mass is 35.5. The lowest BCUT2D eigenvalue weighted by molar-refractivity contribution is -0.0705. The second kappa shape index (κ2) is 11.5. The standard InChI is InChI=1S/C34H32ClFN6O5/c1-34(23-8-7-22(35)17-24(23)36)46-30-5-2-4-26(32(30)47-34)41-14-12-39(28-19-45-20-29(28)41)18-31-38-25-9-6-21(33(43)44)16-27(25)42(31)15-13-40-11-3-10-37-40/h2-11,16-17,28-29H,12-15,18-20H2,1H3,(H,43,44)/t28-,29+,34-/m0/s1. The van der Waals surface area contributed by atoms with Crippen LogP contribution >= 0.6 is 11.6 Å². The molecule has 5 aromatic rings. The van der Waals surface area contributed by atoms with Crippen molar-refractivity contribution >= 4 is 34.3 Å². The van der Waals surface area contributed by atoms with Crippen molar-refractivity contribution in [3.63, 3.8) is 0 Å². The number of piperazine rings is 1. The Balaban J connectivity index is 1.07. The number of carbonyl (C=O) groups is 1. The van der Waals surface area contributed by atoms with Crippen LogP contribution in [0.4, 0.5) is 10.1 Å². The molecule has 0 unspecified atom stereocenters. The van der Waals surface area contributed by atoms with Gasteiger partial charge in [-0.3, -0.25) is 9.58 Å². The third kappa shape index (κ3) is 5.26. The van der Waals surface area contributed by atoms with Crippen LogP contribution in [-0.2, 0) is 30.2 Å². The van der Waals surface area contributed by atoms with Gasteiger partial charge in [-0.15, -0.1) is 0 Å². The minimum atomic E-state index is -1.35. The quantitative estimate of drug-likeness (QED) is 0.242. The SMILES string of the molecule is C[C@]1(c2ccc(Cl)cc2F)Oc2cccc(N3CCN(Cc4nc5ccc(C(=O)O)cc5n4CCn4cccn4)[C@H]4COC[C@H]43)c2O1.